The van der Waals surface area contributed by atoms with Gasteiger partial charge in [0.15, 0.2) is 0 Å². The number of nitrogens with one attached hydrogen (secondary N) is 2. The molecule has 27 heavy (non-hydrogen) atoms. The highest BCUT2D eigenvalue weighted by Gasteiger charge is 2.33. The first-order valence-corrected chi connectivity index (χ1v) is 10.6. The fraction of sp³-hybridized carbons (Fsp3) is 0.556. The summed E-state index contributed by atoms with van der Waals surface area (Å²) in [5.74, 6) is -1.89. The molecule has 7 nitrogen and oxygen atoms in total. The summed E-state index contributed by atoms with van der Waals surface area (Å²) in [4.78, 5) is 23.3. The van der Waals surface area contributed by atoms with Crippen LogP contribution in [0.5, 0.6) is 0 Å². The monoisotopic (exact) mass is 399 g/mol. The maximum atomic E-state index is 13.1. The van der Waals surface area contributed by atoms with Gasteiger partial charge in [-0.2, -0.15) is 4.31 Å². The van der Waals surface area contributed by atoms with Crippen molar-refractivity contribution in [3.63, 3.8) is 0 Å². The molecule has 2 amide bonds. The Balaban J connectivity index is 1.97. The lowest BCUT2D eigenvalue weighted by molar-refractivity contribution is -0.139. The second-order valence-corrected chi connectivity index (χ2v) is 8.41. The molecule has 1 aliphatic rings. The molecule has 0 spiro atoms. The maximum absolute atomic E-state index is 13.1. The lowest BCUT2D eigenvalue weighted by Crippen LogP contribution is -2.46. The largest absolute Gasteiger partial charge is 0.348 e. The molecule has 0 bridgehead atoms. The third-order valence-electron chi connectivity index (χ3n) is 4.50. The second kappa shape index (κ2) is 9.80. The number of rotatable bonds is 7. The van der Waals surface area contributed by atoms with Gasteiger partial charge in [-0.15, -0.1) is 0 Å². The first-order valence-electron chi connectivity index (χ1n) is 9.19. The van der Waals surface area contributed by atoms with E-state index in [2.05, 4.69) is 10.6 Å². The number of sulfonamides is 1. The Hall–Kier alpha value is -2.00. The van der Waals surface area contributed by atoms with Crippen molar-refractivity contribution in [3.05, 3.63) is 30.1 Å². The molecule has 0 unspecified atom stereocenters. The zero-order chi connectivity index (χ0) is 19.9. The molecular weight excluding hydrogens is 373 g/mol. The van der Waals surface area contributed by atoms with Gasteiger partial charge >= 0.3 is 11.8 Å². The standard InChI is InChI=1S/C18H26FN3O4S/c1-2-11-20-17(23)18(24)21-12-10-15-5-3-4-13-22(15)27(25,26)16-8-6-14(19)7-9-16/h6-9,15H,2-5,10-13H2,1H3,(H,20,23)(H,21,24)/t15-/m1/s1. The van der Waals surface area contributed by atoms with Crippen molar-refractivity contribution in [2.24, 2.45) is 0 Å². The molecule has 0 saturated carbocycles. The Bertz CT molecular complexity index is 752. The molecule has 1 atom stereocenters. The minimum atomic E-state index is -3.73. The summed E-state index contributed by atoms with van der Waals surface area (Å²) >= 11 is 0. The van der Waals surface area contributed by atoms with Gasteiger partial charge in [-0.05, 0) is 49.9 Å². The quantitative estimate of drug-likeness (QED) is 0.678. The summed E-state index contributed by atoms with van der Waals surface area (Å²) in [6.45, 7) is 2.91. The Morgan fingerprint density at radius 3 is 2.37 bits per heavy atom. The third-order valence-corrected chi connectivity index (χ3v) is 6.46. The highest BCUT2D eigenvalue weighted by atomic mass is 32.2. The molecule has 150 valence electrons. The lowest BCUT2D eigenvalue weighted by atomic mass is 10.0. The summed E-state index contributed by atoms with van der Waals surface area (Å²) in [6, 6.07) is 4.50. The van der Waals surface area contributed by atoms with Crippen molar-refractivity contribution in [1.29, 1.82) is 0 Å². The highest BCUT2D eigenvalue weighted by Crippen LogP contribution is 2.27. The summed E-state index contributed by atoms with van der Waals surface area (Å²) in [5, 5.41) is 5.03. The lowest BCUT2D eigenvalue weighted by Gasteiger charge is -2.34. The van der Waals surface area contributed by atoms with Crippen LogP contribution < -0.4 is 10.6 Å². The Morgan fingerprint density at radius 2 is 1.74 bits per heavy atom. The minimum Gasteiger partial charge on any atom is -0.348 e. The number of nitrogens with zero attached hydrogens (tertiary/aromatic N) is 1. The average molecular weight is 399 g/mol. The molecule has 1 heterocycles. The molecule has 0 aliphatic carbocycles. The average Bonchev–Trinajstić information content (AvgIpc) is 2.66. The van der Waals surface area contributed by atoms with Crippen LogP contribution in [0.1, 0.15) is 39.0 Å². The van der Waals surface area contributed by atoms with E-state index in [1.165, 1.54) is 16.4 Å². The predicted molar refractivity (Wildman–Crippen MR) is 98.9 cm³/mol. The van der Waals surface area contributed by atoms with Gasteiger partial charge < -0.3 is 10.6 Å². The van der Waals surface area contributed by atoms with Crippen LogP contribution in [-0.4, -0.2) is 50.2 Å². The van der Waals surface area contributed by atoms with E-state index in [0.717, 1.165) is 31.4 Å². The van der Waals surface area contributed by atoms with Crippen LogP contribution in [0, 0.1) is 5.82 Å². The predicted octanol–water partition coefficient (Wildman–Crippen LogP) is 1.40. The van der Waals surface area contributed by atoms with Crippen molar-refractivity contribution < 1.29 is 22.4 Å². The summed E-state index contributed by atoms with van der Waals surface area (Å²) in [5.41, 5.74) is 0. The first kappa shape index (κ1) is 21.3. The number of benzene rings is 1. The van der Waals surface area contributed by atoms with Gasteiger partial charge in [0, 0.05) is 25.7 Å². The van der Waals surface area contributed by atoms with E-state index in [9.17, 15) is 22.4 Å². The molecule has 1 fully saturated rings. The number of hydrogen-bond donors (Lipinski definition) is 2. The number of amides is 2. The SMILES string of the molecule is CCCNC(=O)C(=O)NCC[C@H]1CCCCN1S(=O)(=O)c1ccc(F)cc1. The smallest absolute Gasteiger partial charge is 0.309 e. The van der Waals surface area contributed by atoms with E-state index in [1.54, 1.807) is 0 Å². The maximum Gasteiger partial charge on any atom is 0.309 e. The van der Waals surface area contributed by atoms with E-state index in [-0.39, 0.29) is 17.5 Å². The van der Waals surface area contributed by atoms with Crippen LogP contribution in [0.15, 0.2) is 29.2 Å². The number of carbonyl (C=O) groups is 2. The topological polar surface area (TPSA) is 95.6 Å². The molecule has 1 aliphatic heterocycles. The van der Waals surface area contributed by atoms with Crippen molar-refractivity contribution in [1.82, 2.24) is 14.9 Å². The van der Waals surface area contributed by atoms with E-state index < -0.39 is 27.7 Å². The Labute approximate surface area is 159 Å². The van der Waals surface area contributed by atoms with E-state index in [1.807, 2.05) is 6.92 Å². The highest BCUT2D eigenvalue weighted by molar-refractivity contribution is 7.89. The van der Waals surface area contributed by atoms with Crippen molar-refractivity contribution in [3.8, 4) is 0 Å². The summed E-state index contributed by atoms with van der Waals surface area (Å²) in [6.07, 6.45) is 3.47. The number of halogens is 1. The molecule has 2 N–H and O–H groups in total. The van der Waals surface area contributed by atoms with Crippen LogP contribution in [-0.2, 0) is 19.6 Å². The molecule has 1 saturated heterocycles. The molecule has 1 aromatic rings. The van der Waals surface area contributed by atoms with Gasteiger partial charge in [0.2, 0.25) is 10.0 Å². The fourth-order valence-corrected chi connectivity index (χ4v) is 4.80. The van der Waals surface area contributed by atoms with Gasteiger partial charge in [0.25, 0.3) is 0 Å². The zero-order valence-electron chi connectivity index (χ0n) is 15.4. The van der Waals surface area contributed by atoms with E-state index in [0.29, 0.717) is 25.9 Å². The van der Waals surface area contributed by atoms with Crippen molar-refractivity contribution in [2.75, 3.05) is 19.6 Å². The van der Waals surface area contributed by atoms with Crippen LogP contribution >= 0.6 is 0 Å². The molecule has 9 heteroatoms. The second-order valence-electron chi connectivity index (χ2n) is 6.52. The van der Waals surface area contributed by atoms with Crippen molar-refractivity contribution in [2.45, 2.75) is 50.0 Å². The minimum absolute atomic E-state index is 0.0544. The fourth-order valence-electron chi connectivity index (χ4n) is 3.07. The number of piperidine rings is 1. The third kappa shape index (κ3) is 5.74. The molecule has 0 aromatic heterocycles. The summed E-state index contributed by atoms with van der Waals surface area (Å²) < 4.78 is 40.3. The molecular formula is C18H26FN3O4S. The van der Waals surface area contributed by atoms with Crippen LogP contribution in [0.4, 0.5) is 4.39 Å². The Morgan fingerprint density at radius 1 is 1.11 bits per heavy atom. The molecule has 0 radical (unpaired) electrons. The molecule has 1 aromatic carbocycles. The van der Waals surface area contributed by atoms with Gasteiger partial charge in [-0.3, -0.25) is 9.59 Å². The van der Waals surface area contributed by atoms with Gasteiger partial charge in [-0.1, -0.05) is 13.3 Å². The van der Waals surface area contributed by atoms with Gasteiger partial charge in [0.05, 0.1) is 4.90 Å². The van der Waals surface area contributed by atoms with Crippen LogP contribution in [0.25, 0.3) is 0 Å². The first-order chi connectivity index (χ1) is 12.9. The number of carbonyl (C=O) groups excluding carboxylic acids is 2. The normalized spacial score (nSPS) is 18.1. The van der Waals surface area contributed by atoms with Crippen LogP contribution in [0.3, 0.4) is 0 Å². The molecule has 2 rings (SSSR count). The van der Waals surface area contributed by atoms with Gasteiger partial charge in [0.1, 0.15) is 5.82 Å². The number of hydrogen-bond acceptors (Lipinski definition) is 4. The Kier molecular flexibility index (Phi) is 7.73. The summed E-state index contributed by atoms with van der Waals surface area (Å²) in [7, 11) is -3.73. The van der Waals surface area contributed by atoms with E-state index >= 15 is 0 Å². The van der Waals surface area contributed by atoms with Crippen LogP contribution in [0.2, 0.25) is 0 Å². The van der Waals surface area contributed by atoms with Crippen molar-refractivity contribution >= 4 is 21.8 Å². The van der Waals surface area contributed by atoms with Gasteiger partial charge in [-0.25, -0.2) is 12.8 Å². The zero-order valence-corrected chi connectivity index (χ0v) is 16.2. The van der Waals surface area contributed by atoms with E-state index in [4.69, 9.17) is 0 Å².